The van der Waals surface area contributed by atoms with Crippen LogP contribution in [-0.4, -0.2) is 46.9 Å². The van der Waals surface area contributed by atoms with E-state index in [1.807, 2.05) is 44.2 Å². The zero-order chi connectivity index (χ0) is 15.0. The number of ketones is 1. The molecule has 1 N–H and O–H groups in total. The Bertz CT molecular complexity index is 516. The molecule has 2 aliphatic rings. The number of ether oxygens (including phenoxy) is 1. The molecule has 0 aromatic heterocycles. The molecule has 2 bridgehead atoms. The number of carbonyl (C=O) groups is 1. The monoisotopic (exact) mass is 291 g/mol. The van der Waals surface area contributed by atoms with E-state index in [2.05, 4.69) is 0 Å². The number of hydrogen-bond donors (Lipinski definition) is 1. The Hall–Kier alpha value is -1.27. The largest absolute Gasteiger partial charge is 0.394 e. The molecule has 2 aliphatic heterocycles. The van der Waals surface area contributed by atoms with Gasteiger partial charge in [0.15, 0.2) is 5.78 Å². The fourth-order valence-corrected chi connectivity index (χ4v) is 3.17. The van der Waals surface area contributed by atoms with Crippen LogP contribution in [0.4, 0.5) is 0 Å². The highest BCUT2D eigenvalue weighted by molar-refractivity contribution is 5.89. The second-order valence-corrected chi connectivity index (χ2v) is 6.20. The van der Waals surface area contributed by atoms with Crippen molar-refractivity contribution in [2.24, 2.45) is 5.92 Å². The minimum absolute atomic E-state index is 0.104. The summed E-state index contributed by atoms with van der Waals surface area (Å²) in [5.41, 5.74) is 0.463. The smallest absolute Gasteiger partial charge is 0.163 e. The molecule has 0 amide bonds. The van der Waals surface area contributed by atoms with Gasteiger partial charge in [-0.25, -0.2) is 0 Å². The van der Waals surface area contributed by atoms with E-state index in [0.29, 0.717) is 13.2 Å². The number of hydroxylamine groups is 2. The fraction of sp³-hybridized carbons (Fsp3) is 0.562. The van der Waals surface area contributed by atoms with Crippen molar-refractivity contribution in [1.29, 1.82) is 0 Å². The Morgan fingerprint density at radius 2 is 2.05 bits per heavy atom. The summed E-state index contributed by atoms with van der Waals surface area (Å²) in [6.45, 7) is 4.40. The number of aliphatic hydroxyl groups is 1. The van der Waals surface area contributed by atoms with Crippen molar-refractivity contribution in [3.05, 3.63) is 35.9 Å². The first-order valence-corrected chi connectivity index (χ1v) is 7.29. The zero-order valence-electron chi connectivity index (χ0n) is 12.4. The van der Waals surface area contributed by atoms with Crippen LogP contribution in [0.2, 0.25) is 0 Å². The summed E-state index contributed by atoms with van der Waals surface area (Å²) < 4.78 is 5.94. The van der Waals surface area contributed by atoms with Gasteiger partial charge in [-0.15, -0.1) is 0 Å². The molecule has 3 unspecified atom stereocenters. The quantitative estimate of drug-likeness (QED) is 0.905. The van der Waals surface area contributed by atoms with Crippen molar-refractivity contribution in [1.82, 2.24) is 5.06 Å². The van der Waals surface area contributed by atoms with Gasteiger partial charge in [-0.05, 0) is 19.4 Å². The van der Waals surface area contributed by atoms with Gasteiger partial charge in [0, 0.05) is 0 Å². The summed E-state index contributed by atoms with van der Waals surface area (Å²) in [5, 5.41) is 11.2. The molecular formula is C16H21NO4. The summed E-state index contributed by atoms with van der Waals surface area (Å²) in [6.07, 6.45) is -0.548. The van der Waals surface area contributed by atoms with Gasteiger partial charge in [0.2, 0.25) is 0 Å². The molecule has 3 atom stereocenters. The first kappa shape index (κ1) is 14.7. The van der Waals surface area contributed by atoms with Crippen molar-refractivity contribution in [3.63, 3.8) is 0 Å². The summed E-state index contributed by atoms with van der Waals surface area (Å²) in [6, 6.07) is 9.29. The van der Waals surface area contributed by atoms with E-state index in [9.17, 15) is 9.90 Å². The number of rotatable bonds is 3. The van der Waals surface area contributed by atoms with Gasteiger partial charge in [0.25, 0.3) is 0 Å². The fourth-order valence-electron chi connectivity index (χ4n) is 3.17. The predicted molar refractivity (Wildman–Crippen MR) is 76.3 cm³/mol. The minimum Gasteiger partial charge on any atom is -0.394 e. The maximum absolute atomic E-state index is 12.7. The number of carbonyl (C=O) groups excluding carboxylic acids is 1. The first-order valence-electron chi connectivity index (χ1n) is 7.29. The maximum Gasteiger partial charge on any atom is 0.163 e. The molecule has 5 nitrogen and oxygen atoms in total. The van der Waals surface area contributed by atoms with Gasteiger partial charge in [-0.2, -0.15) is 5.06 Å². The number of fused-ring (bicyclic) bond motifs is 2. The van der Waals surface area contributed by atoms with Gasteiger partial charge in [-0.1, -0.05) is 30.3 Å². The molecule has 21 heavy (non-hydrogen) atoms. The number of benzene rings is 1. The summed E-state index contributed by atoms with van der Waals surface area (Å²) in [4.78, 5) is 18.5. The second kappa shape index (κ2) is 5.50. The Balaban J connectivity index is 1.84. The average Bonchev–Trinajstić information content (AvgIpc) is 2.45. The van der Waals surface area contributed by atoms with Crippen LogP contribution in [0.5, 0.6) is 0 Å². The standard InChI is InChI=1S/C16H21NO4/c1-16(2)12-10-20-17(8-11-6-4-3-5-7-11)14(15(12)19)13(9-18)21-16/h3-7,12-14,18H,8-10H2,1-2H3. The van der Waals surface area contributed by atoms with Gasteiger partial charge in [0.1, 0.15) is 12.1 Å². The molecule has 3 rings (SSSR count). The number of hydrogen-bond acceptors (Lipinski definition) is 5. The third-order valence-corrected chi connectivity index (χ3v) is 4.36. The first-order chi connectivity index (χ1) is 10.0. The van der Waals surface area contributed by atoms with Crippen LogP contribution in [-0.2, 0) is 20.9 Å². The van der Waals surface area contributed by atoms with Crippen LogP contribution in [0.3, 0.4) is 0 Å². The molecular weight excluding hydrogens is 270 g/mol. The third kappa shape index (κ3) is 2.62. The average molecular weight is 291 g/mol. The van der Waals surface area contributed by atoms with E-state index >= 15 is 0 Å². The highest BCUT2D eigenvalue weighted by atomic mass is 16.7. The Morgan fingerprint density at radius 1 is 1.33 bits per heavy atom. The van der Waals surface area contributed by atoms with E-state index in [1.165, 1.54) is 0 Å². The summed E-state index contributed by atoms with van der Waals surface area (Å²) in [7, 11) is 0. The second-order valence-electron chi connectivity index (χ2n) is 6.20. The molecule has 5 heteroatoms. The highest BCUT2D eigenvalue weighted by Gasteiger charge is 2.54. The van der Waals surface area contributed by atoms with Crippen LogP contribution in [0.1, 0.15) is 19.4 Å². The lowest BCUT2D eigenvalue weighted by atomic mass is 9.79. The lowest BCUT2D eigenvalue weighted by Crippen LogP contribution is -2.67. The molecule has 0 aliphatic carbocycles. The number of aliphatic hydroxyl groups excluding tert-OH is 1. The molecule has 0 radical (unpaired) electrons. The topological polar surface area (TPSA) is 59.0 Å². The van der Waals surface area contributed by atoms with Crippen LogP contribution in [0.15, 0.2) is 30.3 Å². The molecule has 0 spiro atoms. The Kier molecular flexibility index (Phi) is 3.84. The molecule has 1 aromatic carbocycles. The molecule has 114 valence electrons. The molecule has 2 heterocycles. The van der Waals surface area contributed by atoms with Gasteiger partial charge >= 0.3 is 0 Å². The number of nitrogens with zero attached hydrogens (tertiary/aromatic N) is 1. The van der Waals surface area contributed by atoms with Crippen LogP contribution < -0.4 is 0 Å². The van der Waals surface area contributed by atoms with Crippen LogP contribution >= 0.6 is 0 Å². The molecule has 2 saturated heterocycles. The molecule has 1 aromatic rings. The van der Waals surface area contributed by atoms with Crippen LogP contribution in [0, 0.1) is 5.92 Å². The van der Waals surface area contributed by atoms with E-state index in [4.69, 9.17) is 9.57 Å². The van der Waals surface area contributed by atoms with E-state index in [-0.39, 0.29) is 18.3 Å². The molecule has 2 fully saturated rings. The number of Topliss-reactive ketones (excluding diaryl/α,β-unsaturated/α-hetero) is 1. The van der Waals surface area contributed by atoms with E-state index in [1.54, 1.807) is 5.06 Å². The Labute approximate surface area is 124 Å². The maximum atomic E-state index is 12.7. The van der Waals surface area contributed by atoms with Crippen molar-refractivity contribution in [3.8, 4) is 0 Å². The lowest BCUT2D eigenvalue weighted by Gasteiger charge is -2.51. The minimum atomic E-state index is -0.597. The van der Waals surface area contributed by atoms with Gasteiger partial charge in [0.05, 0.1) is 31.3 Å². The SMILES string of the molecule is CC1(C)OC(CO)C2C(=O)C1CON2Cc1ccccc1. The predicted octanol–water partition coefficient (Wildman–Crippen LogP) is 1.16. The van der Waals surface area contributed by atoms with Crippen molar-refractivity contribution in [2.75, 3.05) is 13.2 Å². The van der Waals surface area contributed by atoms with E-state index in [0.717, 1.165) is 5.56 Å². The Morgan fingerprint density at radius 3 is 2.71 bits per heavy atom. The summed E-state index contributed by atoms with van der Waals surface area (Å²) in [5.74, 6) is -0.176. The van der Waals surface area contributed by atoms with Crippen molar-refractivity contribution < 1.29 is 19.5 Å². The third-order valence-electron chi connectivity index (χ3n) is 4.36. The van der Waals surface area contributed by atoms with Gasteiger partial charge < -0.3 is 9.84 Å². The van der Waals surface area contributed by atoms with Crippen molar-refractivity contribution >= 4 is 5.78 Å². The highest BCUT2D eigenvalue weighted by Crippen LogP contribution is 2.37. The van der Waals surface area contributed by atoms with Crippen molar-refractivity contribution in [2.45, 2.75) is 38.1 Å². The lowest BCUT2D eigenvalue weighted by molar-refractivity contribution is -0.297. The van der Waals surface area contributed by atoms with E-state index < -0.39 is 17.7 Å². The van der Waals surface area contributed by atoms with Crippen LogP contribution in [0.25, 0.3) is 0 Å². The summed E-state index contributed by atoms with van der Waals surface area (Å²) >= 11 is 0. The zero-order valence-corrected chi connectivity index (χ0v) is 12.4. The van der Waals surface area contributed by atoms with Gasteiger partial charge in [-0.3, -0.25) is 9.63 Å². The molecule has 0 saturated carbocycles. The normalized spacial score (nSPS) is 32.1.